The average Bonchev–Trinajstić information content (AvgIpc) is 1.68. The van der Waals surface area contributed by atoms with Crippen molar-refractivity contribution < 1.29 is 0 Å². The minimum atomic E-state index is 0. The van der Waals surface area contributed by atoms with Gasteiger partial charge in [0.1, 0.15) is 0 Å². The smallest absolute Gasteiger partial charge is 0.00701 e. The Hall–Kier alpha value is -0.0100. The van der Waals surface area contributed by atoms with Crippen molar-refractivity contribution in [3.63, 3.8) is 0 Å². The molecule has 0 spiro atoms. The maximum Gasteiger partial charge on any atom is 0.00701 e. The molecule has 0 rings (SSSR count). The van der Waals surface area contributed by atoms with Crippen molar-refractivity contribution >= 4 is 12.4 Å². The molecule has 0 amide bonds. The van der Waals surface area contributed by atoms with Crippen LogP contribution in [0.25, 0.3) is 0 Å². The summed E-state index contributed by atoms with van der Waals surface area (Å²) in [5.41, 5.74) is 0. The highest BCUT2D eigenvalue weighted by Crippen LogP contribution is 1.86. The van der Waals surface area contributed by atoms with Crippen LogP contribution >= 0.6 is 12.4 Å². The molecule has 0 fully saturated rings. The number of halogens is 1. The summed E-state index contributed by atoms with van der Waals surface area (Å²) in [7, 11) is 1.95. The van der Waals surface area contributed by atoms with Gasteiger partial charge in [-0.3, -0.25) is 0 Å². The first-order chi connectivity index (χ1) is 3.31. The SMILES string of the molecule is C=CCC(C)NC.Cl. The molecule has 0 aromatic carbocycles. The number of hydrogen-bond donors (Lipinski definition) is 1. The first-order valence-electron chi connectivity index (χ1n) is 2.59. The molecular formula is C6H14ClN. The van der Waals surface area contributed by atoms with Crippen LogP contribution in [0.2, 0.25) is 0 Å². The summed E-state index contributed by atoms with van der Waals surface area (Å²) in [6.45, 7) is 5.74. The lowest BCUT2D eigenvalue weighted by atomic mass is 10.2. The maximum absolute atomic E-state index is 3.61. The highest BCUT2D eigenvalue weighted by atomic mass is 35.5. The third kappa shape index (κ3) is 5.99. The number of rotatable bonds is 3. The first-order valence-corrected chi connectivity index (χ1v) is 2.59. The Morgan fingerprint density at radius 1 is 1.75 bits per heavy atom. The molecule has 1 N–H and O–H groups in total. The van der Waals surface area contributed by atoms with E-state index in [1.54, 1.807) is 0 Å². The fourth-order valence-electron chi connectivity index (χ4n) is 0.368. The van der Waals surface area contributed by atoms with E-state index < -0.39 is 0 Å². The molecule has 0 aliphatic rings. The zero-order valence-electron chi connectivity index (χ0n) is 5.48. The summed E-state index contributed by atoms with van der Waals surface area (Å²) in [6, 6.07) is 0.581. The van der Waals surface area contributed by atoms with Crippen molar-refractivity contribution in [2.24, 2.45) is 0 Å². The van der Waals surface area contributed by atoms with Crippen molar-refractivity contribution in [1.82, 2.24) is 5.32 Å². The molecule has 0 radical (unpaired) electrons. The van der Waals surface area contributed by atoms with Crippen molar-refractivity contribution in [3.8, 4) is 0 Å². The average molecular weight is 136 g/mol. The van der Waals surface area contributed by atoms with Gasteiger partial charge in [-0.1, -0.05) is 6.08 Å². The van der Waals surface area contributed by atoms with Crippen LogP contribution in [0.15, 0.2) is 12.7 Å². The molecule has 0 aromatic heterocycles. The molecule has 1 atom stereocenters. The lowest BCUT2D eigenvalue weighted by Gasteiger charge is -2.03. The third-order valence-corrected chi connectivity index (χ3v) is 1.01. The fourth-order valence-corrected chi connectivity index (χ4v) is 0.368. The van der Waals surface area contributed by atoms with Crippen molar-refractivity contribution in [3.05, 3.63) is 12.7 Å². The minimum absolute atomic E-state index is 0. The van der Waals surface area contributed by atoms with Crippen LogP contribution in [0.4, 0.5) is 0 Å². The van der Waals surface area contributed by atoms with Crippen LogP contribution < -0.4 is 5.32 Å². The molecule has 0 aliphatic heterocycles. The Balaban J connectivity index is 0. The molecule has 0 saturated heterocycles. The maximum atomic E-state index is 3.61. The zero-order chi connectivity index (χ0) is 5.70. The van der Waals surface area contributed by atoms with Crippen LogP contribution in [-0.4, -0.2) is 13.1 Å². The molecule has 0 saturated carbocycles. The van der Waals surface area contributed by atoms with Gasteiger partial charge in [-0.25, -0.2) is 0 Å². The van der Waals surface area contributed by atoms with E-state index in [1.165, 1.54) is 0 Å². The predicted molar refractivity (Wildman–Crippen MR) is 40.6 cm³/mol. The first kappa shape index (κ1) is 10.9. The van der Waals surface area contributed by atoms with E-state index >= 15 is 0 Å². The summed E-state index contributed by atoms with van der Waals surface area (Å²) in [4.78, 5) is 0. The predicted octanol–water partition coefficient (Wildman–Crippen LogP) is 1.59. The van der Waals surface area contributed by atoms with Gasteiger partial charge >= 0.3 is 0 Å². The summed E-state index contributed by atoms with van der Waals surface area (Å²) < 4.78 is 0. The second kappa shape index (κ2) is 6.99. The molecule has 50 valence electrons. The van der Waals surface area contributed by atoms with Crippen LogP contribution in [0.1, 0.15) is 13.3 Å². The van der Waals surface area contributed by atoms with Crippen molar-refractivity contribution in [2.45, 2.75) is 19.4 Å². The van der Waals surface area contributed by atoms with E-state index in [0.29, 0.717) is 6.04 Å². The van der Waals surface area contributed by atoms with E-state index in [4.69, 9.17) is 0 Å². The quantitative estimate of drug-likeness (QED) is 0.580. The van der Waals surface area contributed by atoms with E-state index in [1.807, 2.05) is 13.1 Å². The molecule has 0 heterocycles. The fraction of sp³-hybridized carbons (Fsp3) is 0.667. The molecular weight excluding hydrogens is 122 g/mol. The van der Waals surface area contributed by atoms with Crippen LogP contribution in [0.3, 0.4) is 0 Å². The highest BCUT2D eigenvalue weighted by molar-refractivity contribution is 5.85. The second-order valence-electron chi connectivity index (χ2n) is 1.71. The van der Waals surface area contributed by atoms with Gasteiger partial charge in [0.25, 0.3) is 0 Å². The van der Waals surface area contributed by atoms with E-state index in [9.17, 15) is 0 Å². The standard InChI is InChI=1S/C6H13N.ClH/c1-4-5-6(2)7-3;/h4,6-7H,1,5H2,2-3H3;1H. The van der Waals surface area contributed by atoms with Gasteiger partial charge in [0.15, 0.2) is 0 Å². The van der Waals surface area contributed by atoms with Gasteiger partial charge in [0.05, 0.1) is 0 Å². The zero-order valence-corrected chi connectivity index (χ0v) is 6.29. The van der Waals surface area contributed by atoms with Gasteiger partial charge in [-0.2, -0.15) is 0 Å². The lowest BCUT2D eigenvalue weighted by Crippen LogP contribution is -2.19. The summed E-state index contributed by atoms with van der Waals surface area (Å²) in [5, 5.41) is 3.09. The van der Waals surface area contributed by atoms with Gasteiger partial charge < -0.3 is 5.32 Å². The summed E-state index contributed by atoms with van der Waals surface area (Å²) >= 11 is 0. The van der Waals surface area contributed by atoms with Gasteiger partial charge in [0.2, 0.25) is 0 Å². The normalized spacial score (nSPS) is 11.8. The van der Waals surface area contributed by atoms with Gasteiger partial charge in [0, 0.05) is 6.04 Å². The number of hydrogen-bond acceptors (Lipinski definition) is 1. The summed E-state index contributed by atoms with van der Waals surface area (Å²) in [6.07, 6.45) is 2.97. The molecule has 0 aliphatic carbocycles. The van der Waals surface area contributed by atoms with Gasteiger partial charge in [-0.05, 0) is 20.4 Å². The van der Waals surface area contributed by atoms with Gasteiger partial charge in [-0.15, -0.1) is 19.0 Å². The Kier molecular flexibility index (Phi) is 9.51. The van der Waals surface area contributed by atoms with E-state index in [0.717, 1.165) is 6.42 Å². The van der Waals surface area contributed by atoms with Crippen LogP contribution in [0.5, 0.6) is 0 Å². The topological polar surface area (TPSA) is 12.0 Å². The van der Waals surface area contributed by atoms with Crippen molar-refractivity contribution in [2.75, 3.05) is 7.05 Å². The molecule has 0 bridgehead atoms. The van der Waals surface area contributed by atoms with E-state index in [-0.39, 0.29) is 12.4 Å². The lowest BCUT2D eigenvalue weighted by molar-refractivity contribution is 0.620. The molecule has 8 heavy (non-hydrogen) atoms. The third-order valence-electron chi connectivity index (χ3n) is 1.01. The monoisotopic (exact) mass is 135 g/mol. The highest BCUT2D eigenvalue weighted by Gasteiger charge is 1.88. The Morgan fingerprint density at radius 2 is 2.25 bits per heavy atom. The van der Waals surface area contributed by atoms with Crippen LogP contribution in [-0.2, 0) is 0 Å². The Bertz CT molecular complexity index is 54.5. The van der Waals surface area contributed by atoms with E-state index in [2.05, 4.69) is 18.8 Å². The largest absolute Gasteiger partial charge is 0.317 e. The minimum Gasteiger partial charge on any atom is -0.317 e. The Labute approximate surface area is 57.6 Å². The van der Waals surface area contributed by atoms with Crippen LogP contribution in [0, 0.1) is 0 Å². The molecule has 2 heteroatoms. The molecule has 1 nitrogen and oxygen atoms in total. The van der Waals surface area contributed by atoms with Crippen molar-refractivity contribution in [1.29, 1.82) is 0 Å². The molecule has 1 unspecified atom stereocenters. The summed E-state index contributed by atoms with van der Waals surface area (Å²) in [5.74, 6) is 0. The Morgan fingerprint density at radius 3 is 2.38 bits per heavy atom. The number of nitrogens with one attached hydrogen (secondary N) is 1. The molecule has 0 aromatic rings. The second-order valence-corrected chi connectivity index (χ2v) is 1.71.